The molecule has 3 rings (SSSR count). The van der Waals surface area contributed by atoms with Gasteiger partial charge in [-0.2, -0.15) is 5.10 Å². The number of carbonyl (C=O) groups is 2. The van der Waals surface area contributed by atoms with Crippen molar-refractivity contribution >= 4 is 18.1 Å². The molecule has 0 aromatic heterocycles. The third-order valence-corrected chi connectivity index (χ3v) is 4.86. The fourth-order valence-electron chi connectivity index (χ4n) is 3.27. The van der Waals surface area contributed by atoms with E-state index in [1.807, 2.05) is 6.92 Å². The lowest BCUT2D eigenvalue weighted by Gasteiger charge is -2.19. The molecule has 0 saturated heterocycles. The van der Waals surface area contributed by atoms with E-state index in [0.717, 1.165) is 31.2 Å². The number of nitrogens with zero attached hydrogens (tertiary/aromatic N) is 1. The minimum atomic E-state index is -0.436. The van der Waals surface area contributed by atoms with Gasteiger partial charge in [-0.1, -0.05) is 19.3 Å². The quantitative estimate of drug-likeness (QED) is 0.328. The molecule has 1 fully saturated rings. The van der Waals surface area contributed by atoms with Gasteiger partial charge in [-0.05, 0) is 73.9 Å². The molecule has 152 valence electrons. The zero-order chi connectivity index (χ0) is 20.5. The Balaban J connectivity index is 1.50. The van der Waals surface area contributed by atoms with Gasteiger partial charge in [0.2, 0.25) is 5.91 Å². The summed E-state index contributed by atoms with van der Waals surface area (Å²) in [6, 6.07) is 13.7. The molecule has 0 radical (unpaired) electrons. The second-order valence-corrected chi connectivity index (χ2v) is 6.99. The number of amides is 1. The van der Waals surface area contributed by atoms with Crippen LogP contribution in [0.1, 0.15) is 54.9 Å². The largest absolute Gasteiger partial charge is 0.494 e. The van der Waals surface area contributed by atoms with Crippen LogP contribution in [-0.2, 0) is 4.79 Å². The monoisotopic (exact) mass is 394 g/mol. The summed E-state index contributed by atoms with van der Waals surface area (Å²) in [5.74, 6) is 0.775. The molecule has 2 aromatic carbocycles. The average molecular weight is 394 g/mol. The van der Waals surface area contributed by atoms with E-state index in [2.05, 4.69) is 10.5 Å². The van der Waals surface area contributed by atoms with Crippen LogP contribution in [0.2, 0.25) is 0 Å². The van der Waals surface area contributed by atoms with Crippen LogP contribution < -0.4 is 14.9 Å². The van der Waals surface area contributed by atoms with Crippen molar-refractivity contribution < 1.29 is 19.1 Å². The van der Waals surface area contributed by atoms with E-state index in [9.17, 15) is 9.59 Å². The zero-order valence-corrected chi connectivity index (χ0v) is 16.6. The van der Waals surface area contributed by atoms with Crippen molar-refractivity contribution in [1.82, 2.24) is 5.43 Å². The van der Waals surface area contributed by atoms with Crippen molar-refractivity contribution in [2.24, 2.45) is 11.0 Å². The van der Waals surface area contributed by atoms with Gasteiger partial charge >= 0.3 is 5.97 Å². The Kier molecular flexibility index (Phi) is 7.39. The highest BCUT2D eigenvalue weighted by Crippen LogP contribution is 2.23. The van der Waals surface area contributed by atoms with Crippen LogP contribution in [0.4, 0.5) is 0 Å². The second-order valence-electron chi connectivity index (χ2n) is 6.99. The molecule has 1 aliphatic rings. The molecule has 0 bridgehead atoms. The Morgan fingerprint density at radius 2 is 1.66 bits per heavy atom. The maximum Gasteiger partial charge on any atom is 0.343 e. The van der Waals surface area contributed by atoms with Crippen LogP contribution in [0.3, 0.4) is 0 Å². The van der Waals surface area contributed by atoms with E-state index in [-0.39, 0.29) is 11.8 Å². The maximum atomic E-state index is 12.2. The Morgan fingerprint density at radius 1 is 1.00 bits per heavy atom. The normalized spacial score (nSPS) is 14.5. The average Bonchev–Trinajstić information content (AvgIpc) is 2.76. The SMILES string of the molecule is CCOc1ccc(C(=O)Oc2ccc(C=NNC(=O)C3CCCCC3)cc2)cc1. The number of benzene rings is 2. The topological polar surface area (TPSA) is 77.0 Å². The molecule has 1 amide bonds. The van der Waals surface area contributed by atoms with Gasteiger partial charge in [-0.25, -0.2) is 10.2 Å². The van der Waals surface area contributed by atoms with Crippen LogP contribution in [0.5, 0.6) is 11.5 Å². The van der Waals surface area contributed by atoms with Gasteiger partial charge < -0.3 is 9.47 Å². The van der Waals surface area contributed by atoms with Crippen molar-refractivity contribution in [2.45, 2.75) is 39.0 Å². The fraction of sp³-hybridized carbons (Fsp3) is 0.348. The van der Waals surface area contributed by atoms with Gasteiger partial charge in [0.25, 0.3) is 0 Å². The van der Waals surface area contributed by atoms with Crippen LogP contribution in [0.15, 0.2) is 53.6 Å². The summed E-state index contributed by atoms with van der Waals surface area (Å²) < 4.78 is 10.7. The van der Waals surface area contributed by atoms with E-state index < -0.39 is 5.97 Å². The van der Waals surface area contributed by atoms with E-state index >= 15 is 0 Å². The molecule has 0 unspecified atom stereocenters. The van der Waals surface area contributed by atoms with Gasteiger partial charge in [-0.3, -0.25) is 4.79 Å². The molecule has 6 heteroatoms. The third kappa shape index (κ3) is 6.17. The predicted molar refractivity (Wildman–Crippen MR) is 111 cm³/mol. The molecule has 2 aromatic rings. The zero-order valence-electron chi connectivity index (χ0n) is 16.6. The summed E-state index contributed by atoms with van der Waals surface area (Å²) in [5.41, 5.74) is 3.87. The van der Waals surface area contributed by atoms with Crippen LogP contribution in [0.25, 0.3) is 0 Å². The van der Waals surface area contributed by atoms with Crippen LogP contribution in [-0.4, -0.2) is 24.7 Å². The number of hydrogen-bond donors (Lipinski definition) is 1. The molecule has 1 N–H and O–H groups in total. The Labute approximate surface area is 170 Å². The number of esters is 1. The molecule has 29 heavy (non-hydrogen) atoms. The third-order valence-electron chi connectivity index (χ3n) is 4.86. The fourth-order valence-corrected chi connectivity index (χ4v) is 3.27. The lowest BCUT2D eigenvalue weighted by Crippen LogP contribution is -2.28. The van der Waals surface area contributed by atoms with E-state index in [4.69, 9.17) is 9.47 Å². The first-order chi connectivity index (χ1) is 14.2. The molecule has 0 spiro atoms. The molecule has 0 heterocycles. The van der Waals surface area contributed by atoms with Crippen LogP contribution in [0, 0.1) is 5.92 Å². The first-order valence-electron chi connectivity index (χ1n) is 10.0. The summed E-state index contributed by atoms with van der Waals surface area (Å²) in [5, 5.41) is 4.03. The Hall–Kier alpha value is -3.15. The van der Waals surface area contributed by atoms with E-state index in [1.165, 1.54) is 6.42 Å². The van der Waals surface area contributed by atoms with Crippen molar-refractivity contribution in [3.63, 3.8) is 0 Å². The van der Waals surface area contributed by atoms with E-state index in [0.29, 0.717) is 23.7 Å². The molecular formula is C23H26N2O4. The molecular weight excluding hydrogens is 368 g/mol. The van der Waals surface area contributed by atoms with Crippen molar-refractivity contribution in [3.05, 3.63) is 59.7 Å². The number of nitrogens with one attached hydrogen (secondary N) is 1. The minimum absolute atomic E-state index is 0.0122. The van der Waals surface area contributed by atoms with Gasteiger partial charge in [0, 0.05) is 5.92 Å². The van der Waals surface area contributed by atoms with Gasteiger partial charge in [0.05, 0.1) is 18.4 Å². The van der Waals surface area contributed by atoms with Crippen molar-refractivity contribution in [3.8, 4) is 11.5 Å². The minimum Gasteiger partial charge on any atom is -0.494 e. The van der Waals surface area contributed by atoms with Gasteiger partial charge in [0.15, 0.2) is 0 Å². The summed E-state index contributed by atoms with van der Waals surface area (Å²) in [4.78, 5) is 24.3. The van der Waals surface area contributed by atoms with Gasteiger partial charge in [0.1, 0.15) is 11.5 Å². The highest BCUT2D eigenvalue weighted by Gasteiger charge is 2.20. The number of ether oxygens (including phenoxy) is 2. The maximum absolute atomic E-state index is 12.2. The highest BCUT2D eigenvalue weighted by molar-refractivity contribution is 5.91. The Bertz CT molecular complexity index is 838. The predicted octanol–water partition coefficient (Wildman–Crippen LogP) is 4.33. The van der Waals surface area contributed by atoms with Gasteiger partial charge in [-0.15, -0.1) is 0 Å². The molecule has 1 saturated carbocycles. The van der Waals surface area contributed by atoms with Crippen molar-refractivity contribution in [2.75, 3.05) is 6.61 Å². The number of rotatable bonds is 7. The summed E-state index contributed by atoms with van der Waals surface area (Å²) >= 11 is 0. The number of hydrogen-bond acceptors (Lipinski definition) is 5. The lowest BCUT2D eigenvalue weighted by atomic mass is 9.89. The van der Waals surface area contributed by atoms with Crippen LogP contribution >= 0.6 is 0 Å². The van der Waals surface area contributed by atoms with E-state index in [1.54, 1.807) is 54.7 Å². The van der Waals surface area contributed by atoms with Crippen molar-refractivity contribution in [1.29, 1.82) is 0 Å². The standard InChI is InChI=1S/C23H26N2O4/c1-2-28-20-14-10-19(11-15-20)23(27)29-21-12-8-17(9-13-21)16-24-25-22(26)18-6-4-3-5-7-18/h8-16,18H,2-7H2,1H3,(H,25,26). The summed E-state index contributed by atoms with van der Waals surface area (Å²) in [7, 11) is 0. The smallest absolute Gasteiger partial charge is 0.343 e. The lowest BCUT2D eigenvalue weighted by molar-refractivity contribution is -0.125. The molecule has 1 aliphatic carbocycles. The molecule has 0 aliphatic heterocycles. The molecule has 6 nitrogen and oxygen atoms in total. The summed E-state index contributed by atoms with van der Waals surface area (Å²) in [6.07, 6.45) is 6.89. The molecule has 0 atom stereocenters. The highest BCUT2D eigenvalue weighted by atomic mass is 16.5. The number of hydrazone groups is 1. The number of carbonyl (C=O) groups excluding carboxylic acids is 2. The first kappa shape index (κ1) is 20.6. The second kappa shape index (κ2) is 10.4. The Morgan fingerprint density at radius 3 is 2.31 bits per heavy atom. The summed E-state index contributed by atoms with van der Waals surface area (Å²) in [6.45, 7) is 2.48. The first-order valence-corrected chi connectivity index (χ1v) is 10.0.